The minimum Gasteiger partial charge on any atom is -0.371 e. The van der Waals surface area contributed by atoms with Gasteiger partial charge in [0.1, 0.15) is 0 Å². The van der Waals surface area contributed by atoms with E-state index in [4.69, 9.17) is 0 Å². The van der Waals surface area contributed by atoms with Gasteiger partial charge < -0.3 is 15.1 Å². The summed E-state index contributed by atoms with van der Waals surface area (Å²) >= 11 is 0. The van der Waals surface area contributed by atoms with Crippen LogP contribution in [0.25, 0.3) is 0 Å². The number of hydrogen-bond acceptors (Lipinski definition) is 3. The molecule has 0 bridgehead atoms. The third kappa shape index (κ3) is 5.74. The number of benzene rings is 1. The Bertz CT molecular complexity index is 717. The van der Waals surface area contributed by atoms with Gasteiger partial charge in [-0.3, -0.25) is 9.59 Å². The summed E-state index contributed by atoms with van der Waals surface area (Å²) in [7, 11) is 0. The number of likely N-dealkylation sites (tertiary alicyclic amines) is 1. The second-order valence-electron chi connectivity index (χ2n) is 9.93. The van der Waals surface area contributed by atoms with E-state index in [0.29, 0.717) is 12.5 Å². The van der Waals surface area contributed by atoms with E-state index in [9.17, 15) is 9.59 Å². The van der Waals surface area contributed by atoms with Gasteiger partial charge in [-0.25, -0.2) is 0 Å². The van der Waals surface area contributed by atoms with Gasteiger partial charge in [-0.15, -0.1) is 0 Å². The lowest BCUT2D eigenvalue weighted by molar-refractivity contribution is -0.123. The summed E-state index contributed by atoms with van der Waals surface area (Å²) in [5.41, 5.74) is 1.86. The Balaban J connectivity index is 1.63. The molecule has 1 aromatic rings. The third-order valence-corrected chi connectivity index (χ3v) is 6.09. The van der Waals surface area contributed by atoms with Crippen LogP contribution in [0, 0.1) is 5.41 Å². The third-order valence-electron chi connectivity index (χ3n) is 6.09. The van der Waals surface area contributed by atoms with Gasteiger partial charge in [0, 0.05) is 43.8 Å². The number of nitrogens with one attached hydrogen (secondary N) is 1. The van der Waals surface area contributed by atoms with E-state index in [0.717, 1.165) is 56.6 Å². The summed E-state index contributed by atoms with van der Waals surface area (Å²) in [4.78, 5) is 29.9. The predicted molar refractivity (Wildman–Crippen MR) is 118 cm³/mol. The van der Waals surface area contributed by atoms with Crippen LogP contribution in [0.2, 0.25) is 0 Å². The van der Waals surface area contributed by atoms with E-state index in [1.165, 1.54) is 6.42 Å². The number of amides is 2. The predicted octanol–water partition coefficient (Wildman–Crippen LogP) is 4.22. The first kappa shape index (κ1) is 21.7. The maximum atomic E-state index is 13.3. The number of carbonyl (C=O) groups is 2. The molecule has 3 rings (SSSR count). The SMILES string of the molecule is C[C@@H]1CCCCN1C(=O)c1ccccc1N1CCC(NC(=O)CC(C)(C)C)CC1. The van der Waals surface area contributed by atoms with Crippen molar-refractivity contribution in [3.05, 3.63) is 29.8 Å². The molecule has 0 aromatic heterocycles. The summed E-state index contributed by atoms with van der Waals surface area (Å²) in [5.74, 6) is 0.305. The van der Waals surface area contributed by atoms with Gasteiger partial charge in [0.2, 0.25) is 5.91 Å². The fourth-order valence-corrected chi connectivity index (χ4v) is 4.51. The second kappa shape index (κ2) is 9.19. The van der Waals surface area contributed by atoms with E-state index < -0.39 is 0 Å². The summed E-state index contributed by atoms with van der Waals surface area (Å²) in [6, 6.07) is 8.56. The van der Waals surface area contributed by atoms with E-state index in [1.54, 1.807) is 0 Å². The molecule has 5 heteroatoms. The van der Waals surface area contributed by atoms with Crippen LogP contribution in [0.4, 0.5) is 5.69 Å². The number of nitrogens with zero attached hydrogens (tertiary/aromatic N) is 2. The summed E-state index contributed by atoms with van der Waals surface area (Å²) in [6.45, 7) is 11.0. The summed E-state index contributed by atoms with van der Waals surface area (Å²) in [6.07, 6.45) is 5.78. The molecule has 1 N–H and O–H groups in total. The van der Waals surface area contributed by atoms with E-state index in [2.05, 4.69) is 44.0 Å². The Hall–Kier alpha value is -2.04. The zero-order valence-electron chi connectivity index (χ0n) is 18.5. The Kier molecular flexibility index (Phi) is 6.86. The molecule has 1 atom stereocenters. The Morgan fingerprint density at radius 2 is 1.72 bits per heavy atom. The molecule has 2 aliphatic heterocycles. The minimum atomic E-state index is 0.00960. The molecule has 2 fully saturated rings. The van der Waals surface area contributed by atoms with Gasteiger partial charge in [-0.1, -0.05) is 32.9 Å². The van der Waals surface area contributed by atoms with Crippen molar-refractivity contribution in [1.82, 2.24) is 10.2 Å². The summed E-state index contributed by atoms with van der Waals surface area (Å²) < 4.78 is 0. The monoisotopic (exact) mass is 399 g/mol. The first-order chi connectivity index (χ1) is 13.7. The number of hydrogen-bond donors (Lipinski definition) is 1. The van der Waals surface area contributed by atoms with Crippen molar-refractivity contribution >= 4 is 17.5 Å². The maximum absolute atomic E-state index is 13.3. The van der Waals surface area contributed by atoms with E-state index in [1.807, 2.05) is 23.1 Å². The zero-order valence-corrected chi connectivity index (χ0v) is 18.5. The summed E-state index contributed by atoms with van der Waals surface area (Å²) in [5, 5.41) is 3.20. The number of rotatable bonds is 4. The van der Waals surface area contributed by atoms with Crippen molar-refractivity contribution in [1.29, 1.82) is 0 Å². The van der Waals surface area contributed by atoms with Crippen molar-refractivity contribution < 1.29 is 9.59 Å². The highest BCUT2D eigenvalue weighted by atomic mass is 16.2. The molecular formula is C24H37N3O2. The van der Waals surface area contributed by atoms with Crippen molar-refractivity contribution in [3.8, 4) is 0 Å². The molecule has 2 aliphatic rings. The van der Waals surface area contributed by atoms with Gasteiger partial charge in [0.25, 0.3) is 5.91 Å². The Labute approximate surface area is 175 Å². The molecule has 160 valence electrons. The van der Waals surface area contributed by atoms with Crippen molar-refractivity contribution in [3.63, 3.8) is 0 Å². The maximum Gasteiger partial charge on any atom is 0.256 e. The standard InChI is InChI=1S/C24H37N3O2/c1-18-9-7-8-14-27(18)23(29)20-10-5-6-11-21(20)26-15-12-19(13-16-26)25-22(28)17-24(2,3)4/h5-6,10-11,18-19H,7-9,12-17H2,1-4H3,(H,25,28)/t18-/m1/s1. The van der Waals surface area contributed by atoms with Crippen LogP contribution in [0.15, 0.2) is 24.3 Å². The molecule has 0 saturated carbocycles. The van der Waals surface area contributed by atoms with Crippen molar-refractivity contribution in [2.45, 2.75) is 78.3 Å². The molecule has 0 unspecified atom stereocenters. The van der Waals surface area contributed by atoms with Crippen molar-refractivity contribution in [2.75, 3.05) is 24.5 Å². The first-order valence-electron chi connectivity index (χ1n) is 11.2. The van der Waals surface area contributed by atoms with Gasteiger partial charge in [0.15, 0.2) is 0 Å². The van der Waals surface area contributed by atoms with E-state index in [-0.39, 0.29) is 23.3 Å². The van der Waals surface area contributed by atoms with Gasteiger partial charge in [-0.05, 0) is 56.6 Å². The number of para-hydroxylation sites is 1. The van der Waals surface area contributed by atoms with Crippen LogP contribution in [0.3, 0.4) is 0 Å². The average Bonchev–Trinajstić information content (AvgIpc) is 2.67. The number of anilines is 1. The van der Waals surface area contributed by atoms with Crippen LogP contribution in [-0.4, -0.2) is 48.4 Å². The molecule has 5 nitrogen and oxygen atoms in total. The molecule has 0 aliphatic carbocycles. The number of carbonyl (C=O) groups excluding carboxylic acids is 2. The average molecular weight is 400 g/mol. The quantitative estimate of drug-likeness (QED) is 0.825. The van der Waals surface area contributed by atoms with Gasteiger partial charge in [-0.2, -0.15) is 0 Å². The van der Waals surface area contributed by atoms with Crippen molar-refractivity contribution in [2.24, 2.45) is 5.41 Å². The highest BCUT2D eigenvalue weighted by molar-refractivity contribution is 6.00. The van der Waals surface area contributed by atoms with Crippen LogP contribution in [-0.2, 0) is 4.79 Å². The minimum absolute atomic E-state index is 0.00960. The molecular weight excluding hydrogens is 362 g/mol. The zero-order chi connectivity index (χ0) is 21.0. The Morgan fingerprint density at radius 1 is 1.03 bits per heavy atom. The van der Waals surface area contributed by atoms with Gasteiger partial charge in [0.05, 0.1) is 5.56 Å². The number of piperidine rings is 2. The lowest BCUT2D eigenvalue weighted by atomic mass is 9.91. The smallest absolute Gasteiger partial charge is 0.256 e. The van der Waals surface area contributed by atoms with Crippen LogP contribution >= 0.6 is 0 Å². The highest BCUT2D eigenvalue weighted by Crippen LogP contribution is 2.28. The van der Waals surface area contributed by atoms with Gasteiger partial charge >= 0.3 is 0 Å². The largest absolute Gasteiger partial charge is 0.371 e. The molecule has 2 heterocycles. The topological polar surface area (TPSA) is 52.7 Å². The second-order valence-corrected chi connectivity index (χ2v) is 9.93. The molecule has 2 saturated heterocycles. The highest BCUT2D eigenvalue weighted by Gasteiger charge is 2.29. The molecule has 1 aromatic carbocycles. The molecule has 29 heavy (non-hydrogen) atoms. The van der Waals surface area contributed by atoms with E-state index >= 15 is 0 Å². The molecule has 0 spiro atoms. The van der Waals surface area contributed by atoms with Crippen LogP contribution < -0.4 is 10.2 Å². The molecule has 0 radical (unpaired) electrons. The Morgan fingerprint density at radius 3 is 2.38 bits per heavy atom. The first-order valence-corrected chi connectivity index (χ1v) is 11.2. The lowest BCUT2D eigenvalue weighted by Crippen LogP contribution is -2.46. The fourth-order valence-electron chi connectivity index (χ4n) is 4.51. The lowest BCUT2D eigenvalue weighted by Gasteiger charge is -2.37. The normalized spacial score (nSPS) is 21.2. The van der Waals surface area contributed by atoms with Crippen LogP contribution in [0.1, 0.15) is 76.6 Å². The fraction of sp³-hybridized carbons (Fsp3) is 0.667. The van der Waals surface area contributed by atoms with Crippen LogP contribution in [0.5, 0.6) is 0 Å². The molecule has 2 amide bonds.